The van der Waals surface area contributed by atoms with E-state index >= 15 is 0 Å². The van der Waals surface area contributed by atoms with Gasteiger partial charge in [-0.15, -0.1) is 0 Å². The number of halogens is 3. The summed E-state index contributed by atoms with van der Waals surface area (Å²) in [5, 5.41) is 3.26. The summed E-state index contributed by atoms with van der Waals surface area (Å²) >= 11 is 0. The zero-order valence-electron chi connectivity index (χ0n) is 15.3. The lowest BCUT2D eigenvalue weighted by Crippen LogP contribution is -2.35. The van der Waals surface area contributed by atoms with Crippen LogP contribution in [0.5, 0.6) is 0 Å². The predicted octanol–water partition coefficient (Wildman–Crippen LogP) is 4.37. The number of anilines is 2. The Morgan fingerprint density at radius 3 is 2.59 bits per heavy atom. The number of nitrogen functional groups attached to an aromatic ring is 1. The molecule has 2 atom stereocenters. The molecule has 0 aliphatic heterocycles. The number of rotatable bonds is 8. The molecule has 27 heavy (non-hydrogen) atoms. The van der Waals surface area contributed by atoms with Crippen molar-refractivity contribution in [3.63, 3.8) is 0 Å². The number of benzene rings is 1. The Labute approximate surface area is 156 Å². The molecule has 1 aliphatic carbocycles. The molecule has 0 radical (unpaired) electrons. The van der Waals surface area contributed by atoms with Gasteiger partial charge in [0.25, 0.3) is 0 Å². The second-order valence-corrected chi connectivity index (χ2v) is 6.98. The molecule has 0 bridgehead atoms. The second-order valence-electron chi connectivity index (χ2n) is 6.98. The van der Waals surface area contributed by atoms with Crippen molar-refractivity contribution in [3.05, 3.63) is 41.2 Å². The van der Waals surface area contributed by atoms with E-state index in [4.69, 9.17) is 5.73 Å². The summed E-state index contributed by atoms with van der Waals surface area (Å²) in [6.45, 7) is 1.71. The van der Waals surface area contributed by atoms with E-state index in [0.717, 1.165) is 30.9 Å². The van der Waals surface area contributed by atoms with Crippen LogP contribution < -0.4 is 11.1 Å². The summed E-state index contributed by atoms with van der Waals surface area (Å²) in [7, 11) is 0. The van der Waals surface area contributed by atoms with Crippen molar-refractivity contribution in [3.8, 4) is 0 Å². The van der Waals surface area contributed by atoms with Gasteiger partial charge in [0, 0.05) is 6.04 Å². The van der Waals surface area contributed by atoms with Gasteiger partial charge in [0.2, 0.25) is 11.9 Å². The molecule has 2 aromatic rings. The zero-order chi connectivity index (χ0) is 19.4. The van der Waals surface area contributed by atoms with Crippen LogP contribution >= 0.6 is 0 Å². The van der Waals surface area contributed by atoms with Gasteiger partial charge in [-0.25, -0.2) is 13.2 Å². The third-order valence-electron chi connectivity index (χ3n) is 5.07. The number of nitrogens with two attached hydrogens (primary N) is 1. The van der Waals surface area contributed by atoms with Gasteiger partial charge >= 0.3 is 0 Å². The quantitative estimate of drug-likeness (QED) is 0.712. The van der Waals surface area contributed by atoms with E-state index in [1.54, 1.807) is 13.0 Å². The fourth-order valence-corrected chi connectivity index (χ4v) is 3.25. The highest BCUT2D eigenvalue weighted by Crippen LogP contribution is 2.33. The van der Waals surface area contributed by atoms with E-state index in [2.05, 4.69) is 20.3 Å². The standard InChI is InChI=1S/C19H24F3N5/c1-2-13(20)17-25-18(23)27-19(26-17)24-16(12-4-3-5-12)9-7-11-6-8-14(21)15(22)10-11/h6,8,10,12-13,16H,2-5,7,9H2,1H3,(H3,23,24,25,26,27)/t13-,16-/m0/s1. The molecule has 1 aromatic heterocycles. The Balaban J connectivity index is 1.71. The van der Waals surface area contributed by atoms with Gasteiger partial charge in [-0.2, -0.15) is 15.0 Å². The average molecular weight is 379 g/mol. The number of nitrogens with one attached hydrogen (secondary N) is 1. The van der Waals surface area contributed by atoms with Crippen LogP contribution in [-0.4, -0.2) is 21.0 Å². The maximum Gasteiger partial charge on any atom is 0.228 e. The smallest absolute Gasteiger partial charge is 0.228 e. The molecule has 146 valence electrons. The van der Waals surface area contributed by atoms with Crippen molar-refractivity contribution in [1.82, 2.24) is 15.0 Å². The maximum atomic E-state index is 13.9. The van der Waals surface area contributed by atoms with E-state index < -0.39 is 17.8 Å². The van der Waals surface area contributed by atoms with Gasteiger partial charge in [-0.1, -0.05) is 19.4 Å². The van der Waals surface area contributed by atoms with Crippen molar-refractivity contribution in [1.29, 1.82) is 0 Å². The molecule has 1 saturated carbocycles. The molecule has 3 rings (SSSR count). The Morgan fingerprint density at radius 2 is 1.96 bits per heavy atom. The lowest BCUT2D eigenvalue weighted by atomic mass is 9.78. The first kappa shape index (κ1) is 19.4. The minimum absolute atomic E-state index is 0.0217. The van der Waals surface area contributed by atoms with Gasteiger partial charge < -0.3 is 11.1 Å². The summed E-state index contributed by atoms with van der Waals surface area (Å²) in [6, 6.07) is 3.99. The lowest BCUT2D eigenvalue weighted by molar-refractivity contribution is 0.265. The van der Waals surface area contributed by atoms with Crippen molar-refractivity contribution < 1.29 is 13.2 Å². The third kappa shape index (κ3) is 4.87. The third-order valence-corrected chi connectivity index (χ3v) is 5.07. The Kier molecular flexibility index (Phi) is 6.13. The fraction of sp³-hybridized carbons (Fsp3) is 0.526. The number of alkyl halides is 1. The van der Waals surface area contributed by atoms with Crippen LogP contribution in [0.3, 0.4) is 0 Å². The zero-order valence-corrected chi connectivity index (χ0v) is 15.3. The predicted molar refractivity (Wildman–Crippen MR) is 97.8 cm³/mol. The number of aryl methyl sites for hydroxylation is 1. The van der Waals surface area contributed by atoms with Gasteiger partial charge in [0.1, 0.15) is 0 Å². The molecular weight excluding hydrogens is 355 g/mol. The highest BCUT2D eigenvalue weighted by molar-refractivity contribution is 5.33. The van der Waals surface area contributed by atoms with E-state index in [1.165, 1.54) is 6.07 Å². The maximum absolute atomic E-state index is 13.9. The van der Waals surface area contributed by atoms with E-state index in [1.807, 2.05) is 0 Å². The van der Waals surface area contributed by atoms with Crippen LogP contribution in [0.1, 0.15) is 56.6 Å². The molecule has 0 amide bonds. The largest absolute Gasteiger partial charge is 0.368 e. The Bertz CT molecular complexity index is 782. The van der Waals surface area contributed by atoms with Crippen LogP contribution in [-0.2, 0) is 6.42 Å². The van der Waals surface area contributed by atoms with Crippen LogP contribution in [0.4, 0.5) is 25.1 Å². The topological polar surface area (TPSA) is 76.7 Å². The highest BCUT2D eigenvalue weighted by Gasteiger charge is 2.28. The fourth-order valence-electron chi connectivity index (χ4n) is 3.25. The molecule has 1 aromatic carbocycles. The normalized spacial score (nSPS) is 16.6. The second kappa shape index (κ2) is 8.54. The van der Waals surface area contributed by atoms with E-state index in [-0.39, 0.29) is 30.2 Å². The first-order chi connectivity index (χ1) is 13.0. The number of nitrogens with zero attached hydrogens (tertiary/aromatic N) is 3. The van der Waals surface area contributed by atoms with E-state index in [0.29, 0.717) is 18.8 Å². The van der Waals surface area contributed by atoms with Crippen molar-refractivity contribution in [2.75, 3.05) is 11.1 Å². The van der Waals surface area contributed by atoms with Crippen molar-refractivity contribution >= 4 is 11.9 Å². The van der Waals surface area contributed by atoms with Crippen LogP contribution in [0.2, 0.25) is 0 Å². The minimum Gasteiger partial charge on any atom is -0.368 e. The number of hydrogen-bond donors (Lipinski definition) is 2. The molecule has 1 heterocycles. The molecule has 0 spiro atoms. The highest BCUT2D eigenvalue weighted by atomic mass is 19.2. The van der Waals surface area contributed by atoms with E-state index in [9.17, 15) is 13.2 Å². The minimum atomic E-state index is -1.29. The molecule has 1 fully saturated rings. The molecule has 5 nitrogen and oxygen atoms in total. The molecular formula is C19H24F3N5. The van der Waals surface area contributed by atoms with Gasteiger partial charge in [-0.3, -0.25) is 0 Å². The van der Waals surface area contributed by atoms with Crippen molar-refractivity contribution in [2.45, 2.75) is 57.7 Å². The number of hydrogen-bond acceptors (Lipinski definition) is 5. The summed E-state index contributed by atoms with van der Waals surface area (Å²) < 4.78 is 40.4. The SMILES string of the molecule is CC[C@H](F)c1nc(N)nc(N[C@@H](CCc2ccc(F)c(F)c2)C2CCC2)n1. The van der Waals surface area contributed by atoms with Crippen LogP contribution in [0, 0.1) is 17.6 Å². The summed E-state index contributed by atoms with van der Waals surface area (Å²) in [5.41, 5.74) is 6.43. The molecule has 0 saturated heterocycles. The molecule has 1 aliphatic rings. The van der Waals surface area contributed by atoms with Crippen molar-refractivity contribution in [2.24, 2.45) is 5.92 Å². The average Bonchev–Trinajstić information content (AvgIpc) is 2.59. The molecule has 3 N–H and O–H groups in total. The summed E-state index contributed by atoms with van der Waals surface area (Å²) in [6.07, 6.45) is 3.54. The van der Waals surface area contributed by atoms with Crippen LogP contribution in [0.15, 0.2) is 18.2 Å². The lowest BCUT2D eigenvalue weighted by Gasteiger charge is -2.34. The van der Waals surface area contributed by atoms with Gasteiger partial charge in [0.15, 0.2) is 23.6 Å². The summed E-state index contributed by atoms with van der Waals surface area (Å²) in [4.78, 5) is 12.1. The molecule has 8 heteroatoms. The monoisotopic (exact) mass is 379 g/mol. The Morgan fingerprint density at radius 1 is 1.19 bits per heavy atom. The van der Waals surface area contributed by atoms with Gasteiger partial charge in [-0.05, 0) is 55.7 Å². The van der Waals surface area contributed by atoms with Crippen LogP contribution in [0.25, 0.3) is 0 Å². The molecule has 0 unspecified atom stereocenters. The van der Waals surface area contributed by atoms with Gasteiger partial charge in [0.05, 0.1) is 0 Å². The first-order valence-electron chi connectivity index (χ1n) is 9.32. The first-order valence-corrected chi connectivity index (χ1v) is 9.32. The Hall–Kier alpha value is -2.38. The number of aromatic nitrogens is 3. The summed E-state index contributed by atoms with van der Waals surface area (Å²) in [5.74, 6) is -0.992.